The van der Waals surface area contributed by atoms with Crippen molar-refractivity contribution in [3.8, 4) is 12.1 Å². The summed E-state index contributed by atoms with van der Waals surface area (Å²) in [5.74, 6) is -1.56. The van der Waals surface area contributed by atoms with Crippen LogP contribution in [0.4, 0.5) is 0 Å². The van der Waals surface area contributed by atoms with Gasteiger partial charge in [-0.15, -0.1) is 0 Å². The van der Waals surface area contributed by atoms with E-state index in [0.29, 0.717) is 5.56 Å². The van der Waals surface area contributed by atoms with E-state index in [9.17, 15) is 15.3 Å². The largest absolute Gasteiger partial charge is 0.468 e. The van der Waals surface area contributed by atoms with Crippen LogP contribution in [0.1, 0.15) is 17.0 Å². The number of rotatable bonds is 5. The monoisotopic (exact) mass is 304 g/mol. The van der Waals surface area contributed by atoms with E-state index < -0.39 is 17.3 Å². The quantitative estimate of drug-likeness (QED) is 0.795. The lowest BCUT2D eigenvalue weighted by atomic mass is 9.70. The molecule has 23 heavy (non-hydrogen) atoms. The second-order valence-corrected chi connectivity index (χ2v) is 5.22. The Labute approximate surface area is 135 Å². The molecule has 4 nitrogen and oxygen atoms in total. The van der Waals surface area contributed by atoms with Crippen LogP contribution >= 0.6 is 0 Å². The smallest absolute Gasteiger partial charge is 0.315 e. The molecule has 1 atom stereocenters. The van der Waals surface area contributed by atoms with Crippen molar-refractivity contribution in [2.75, 3.05) is 7.11 Å². The highest BCUT2D eigenvalue weighted by molar-refractivity contribution is 5.80. The van der Waals surface area contributed by atoms with E-state index in [4.69, 9.17) is 4.74 Å². The number of esters is 1. The highest BCUT2D eigenvalue weighted by atomic mass is 16.5. The topological polar surface area (TPSA) is 73.9 Å². The highest BCUT2D eigenvalue weighted by Gasteiger charge is 2.46. The summed E-state index contributed by atoms with van der Waals surface area (Å²) in [6.07, 6.45) is 0.148. The molecular formula is C19H16N2O2. The van der Waals surface area contributed by atoms with Crippen LogP contribution < -0.4 is 0 Å². The van der Waals surface area contributed by atoms with Gasteiger partial charge in [0.15, 0.2) is 5.41 Å². The molecule has 0 heterocycles. The number of carbonyl (C=O) groups is 1. The van der Waals surface area contributed by atoms with Crippen molar-refractivity contribution in [2.45, 2.75) is 12.3 Å². The van der Waals surface area contributed by atoms with Gasteiger partial charge in [-0.3, -0.25) is 4.79 Å². The standard InChI is InChI=1S/C19H16N2O2/c1-23-18(22)17(16-10-6-3-7-11-16)19(13-20,14-21)12-15-8-4-2-5-9-15/h2-11,17H,12H2,1H3. The summed E-state index contributed by atoms with van der Waals surface area (Å²) >= 11 is 0. The average molecular weight is 304 g/mol. The molecule has 2 rings (SSSR count). The number of hydrogen-bond donors (Lipinski definition) is 0. The summed E-state index contributed by atoms with van der Waals surface area (Å²) in [6, 6.07) is 22.2. The summed E-state index contributed by atoms with van der Waals surface area (Å²) in [6.45, 7) is 0. The summed E-state index contributed by atoms with van der Waals surface area (Å²) < 4.78 is 4.87. The van der Waals surface area contributed by atoms with Crippen LogP contribution in [0.25, 0.3) is 0 Å². The van der Waals surface area contributed by atoms with Gasteiger partial charge in [0.05, 0.1) is 19.2 Å². The number of benzene rings is 2. The number of carbonyl (C=O) groups excluding carboxylic acids is 1. The van der Waals surface area contributed by atoms with Crippen molar-refractivity contribution in [2.24, 2.45) is 5.41 Å². The lowest BCUT2D eigenvalue weighted by Gasteiger charge is -2.27. The molecule has 2 aromatic rings. The fourth-order valence-electron chi connectivity index (χ4n) is 2.64. The molecule has 4 heteroatoms. The van der Waals surface area contributed by atoms with Crippen LogP contribution in [0.15, 0.2) is 60.7 Å². The van der Waals surface area contributed by atoms with E-state index in [1.165, 1.54) is 7.11 Å². The first-order valence-electron chi connectivity index (χ1n) is 7.16. The van der Waals surface area contributed by atoms with E-state index >= 15 is 0 Å². The van der Waals surface area contributed by atoms with E-state index in [1.54, 1.807) is 24.3 Å². The third-order valence-corrected chi connectivity index (χ3v) is 3.79. The fourth-order valence-corrected chi connectivity index (χ4v) is 2.64. The van der Waals surface area contributed by atoms with Gasteiger partial charge in [-0.25, -0.2) is 0 Å². The Kier molecular flexibility index (Phi) is 5.12. The molecule has 0 fully saturated rings. The van der Waals surface area contributed by atoms with E-state index in [0.717, 1.165) is 5.56 Å². The van der Waals surface area contributed by atoms with Crippen LogP contribution in [-0.2, 0) is 16.0 Å². The summed E-state index contributed by atoms with van der Waals surface area (Å²) in [5, 5.41) is 19.5. The summed E-state index contributed by atoms with van der Waals surface area (Å²) in [4.78, 5) is 12.3. The Morgan fingerprint density at radius 2 is 1.57 bits per heavy atom. The molecule has 2 aromatic carbocycles. The van der Waals surface area contributed by atoms with Crippen molar-refractivity contribution in [1.82, 2.24) is 0 Å². The maximum Gasteiger partial charge on any atom is 0.315 e. The molecule has 0 amide bonds. The Morgan fingerprint density at radius 1 is 1.04 bits per heavy atom. The first-order chi connectivity index (χ1) is 11.2. The molecule has 114 valence electrons. The molecular weight excluding hydrogens is 288 g/mol. The van der Waals surface area contributed by atoms with E-state index in [1.807, 2.05) is 36.4 Å². The maximum absolute atomic E-state index is 12.3. The Morgan fingerprint density at radius 3 is 2.04 bits per heavy atom. The van der Waals surface area contributed by atoms with Gasteiger partial charge in [-0.2, -0.15) is 10.5 Å². The molecule has 0 spiro atoms. The SMILES string of the molecule is COC(=O)C(c1ccccc1)C(C#N)(C#N)Cc1ccccc1. The third-order valence-electron chi connectivity index (χ3n) is 3.79. The van der Waals surface area contributed by atoms with Crippen LogP contribution in [0.5, 0.6) is 0 Å². The van der Waals surface area contributed by atoms with Crippen molar-refractivity contribution in [3.63, 3.8) is 0 Å². The summed E-state index contributed by atoms with van der Waals surface area (Å²) in [7, 11) is 1.26. The van der Waals surface area contributed by atoms with Gasteiger partial charge in [-0.05, 0) is 11.1 Å². The average Bonchev–Trinajstić information content (AvgIpc) is 2.62. The number of hydrogen-bond acceptors (Lipinski definition) is 4. The molecule has 1 unspecified atom stereocenters. The van der Waals surface area contributed by atoms with Gasteiger partial charge in [0.2, 0.25) is 0 Å². The number of ether oxygens (including phenoxy) is 1. The van der Waals surface area contributed by atoms with Gasteiger partial charge < -0.3 is 4.74 Å². The molecule has 0 aromatic heterocycles. The molecule has 0 saturated heterocycles. The molecule has 0 radical (unpaired) electrons. The second-order valence-electron chi connectivity index (χ2n) is 5.22. The van der Waals surface area contributed by atoms with E-state index in [-0.39, 0.29) is 6.42 Å². The Hall–Kier alpha value is -3.11. The molecule has 0 N–H and O–H groups in total. The van der Waals surface area contributed by atoms with Crippen LogP contribution in [0, 0.1) is 28.1 Å². The first kappa shape index (κ1) is 16.3. The molecule has 0 aliphatic carbocycles. The van der Waals surface area contributed by atoms with Gasteiger partial charge in [0, 0.05) is 6.42 Å². The normalized spacial score (nSPS) is 11.8. The van der Waals surface area contributed by atoms with Crippen LogP contribution in [0.2, 0.25) is 0 Å². The zero-order valence-corrected chi connectivity index (χ0v) is 12.8. The van der Waals surface area contributed by atoms with Gasteiger partial charge >= 0.3 is 5.97 Å². The number of nitriles is 2. The zero-order valence-electron chi connectivity index (χ0n) is 12.8. The lowest BCUT2D eigenvalue weighted by Crippen LogP contribution is -2.34. The first-order valence-corrected chi connectivity index (χ1v) is 7.16. The van der Waals surface area contributed by atoms with Crippen molar-refractivity contribution >= 4 is 5.97 Å². The van der Waals surface area contributed by atoms with Crippen molar-refractivity contribution in [1.29, 1.82) is 10.5 Å². The van der Waals surface area contributed by atoms with Crippen LogP contribution in [0.3, 0.4) is 0 Å². The number of nitrogens with zero attached hydrogens (tertiary/aromatic N) is 2. The number of methoxy groups -OCH3 is 1. The van der Waals surface area contributed by atoms with Crippen LogP contribution in [-0.4, -0.2) is 13.1 Å². The maximum atomic E-state index is 12.3. The lowest BCUT2D eigenvalue weighted by molar-refractivity contribution is -0.144. The zero-order chi connectivity index (χ0) is 16.7. The Bertz CT molecular complexity index is 728. The molecule has 0 bridgehead atoms. The minimum Gasteiger partial charge on any atom is -0.468 e. The van der Waals surface area contributed by atoms with E-state index in [2.05, 4.69) is 12.1 Å². The van der Waals surface area contributed by atoms with Crippen molar-refractivity contribution in [3.05, 3.63) is 71.8 Å². The molecule has 0 aliphatic rings. The summed E-state index contributed by atoms with van der Waals surface area (Å²) in [5.41, 5.74) is -0.116. The molecule has 0 aliphatic heterocycles. The van der Waals surface area contributed by atoms with Gasteiger partial charge in [-0.1, -0.05) is 60.7 Å². The minimum atomic E-state index is -1.53. The van der Waals surface area contributed by atoms with Gasteiger partial charge in [0.25, 0.3) is 0 Å². The minimum absolute atomic E-state index is 0.148. The second kappa shape index (κ2) is 7.24. The predicted octanol–water partition coefficient (Wildman–Crippen LogP) is 3.22. The highest BCUT2D eigenvalue weighted by Crippen LogP contribution is 2.39. The van der Waals surface area contributed by atoms with Gasteiger partial charge in [0.1, 0.15) is 5.92 Å². The van der Waals surface area contributed by atoms with Crippen molar-refractivity contribution < 1.29 is 9.53 Å². The fraction of sp³-hybridized carbons (Fsp3) is 0.211. The third kappa shape index (κ3) is 3.39. The molecule has 0 saturated carbocycles. The predicted molar refractivity (Wildman–Crippen MR) is 85.0 cm³/mol. The Balaban J connectivity index is 2.53.